The number of sulfonamides is 1. The molecule has 7 heteroatoms. The number of aryl methyl sites for hydroxylation is 2. The summed E-state index contributed by atoms with van der Waals surface area (Å²) in [4.78, 5) is 18.1. The third-order valence-electron chi connectivity index (χ3n) is 5.37. The zero-order chi connectivity index (χ0) is 23.6. The number of nitrogens with one attached hydrogen (secondary N) is 2. The average molecular weight is 460 g/mol. The molecule has 0 aliphatic rings. The van der Waals surface area contributed by atoms with Crippen molar-refractivity contribution in [1.29, 1.82) is 0 Å². The number of rotatable bonds is 6. The molecule has 0 aliphatic carbocycles. The van der Waals surface area contributed by atoms with Crippen molar-refractivity contribution in [1.82, 2.24) is 10.3 Å². The minimum absolute atomic E-state index is 0.174. The Morgan fingerprint density at radius 1 is 0.939 bits per heavy atom. The summed E-state index contributed by atoms with van der Waals surface area (Å²) in [7, 11) is -3.43. The Bertz CT molecular complexity index is 1460. The second-order valence-electron chi connectivity index (χ2n) is 8.10. The van der Waals surface area contributed by atoms with E-state index in [2.05, 4.69) is 16.1 Å². The number of pyridine rings is 1. The molecule has 0 unspecified atom stereocenters. The fourth-order valence-corrected chi connectivity index (χ4v) is 4.45. The quantitative estimate of drug-likeness (QED) is 0.433. The standard InChI is InChI=1S/C26H25N3O3S/c1-17-12-13-20(18(2)14-17)25-15-22(21-9-5-7-11-24(21)28-25)26(30)27-16-19-8-4-6-10-23(19)29-33(3,31)32/h4-15,29H,16H2,1-3H3,(H,27,30). The minimum atomic E-state index is -3.43. The number of carbonyl (C=O) groups is 1. The Labute approximate surface area is 193 Å². The number of hydrogen-bond acceptors (Lipinski definition) is 4. The molecule has 2 N–H and O–H groups in total. The first-order valence-electron chi connectivity index (χ1n) is 10.5. The molecule has 0 aliphatic heterocycles. The van der Waals surface area contributed by atoms with Crippen LogP contribution in [0, 0.1) is 13.8 Å². The van der Waals surface area contributed by atoms with Gasteiger partial charge in [0.2, 0.25) is 10.0 Å². The number of hydrogen-bond donors (Lipinski definition) is 2. The molecule has 6 nitrogen and oxygen atoms in total. The summed E-state index contributed by atoms with van der Waals surface area (Å²) in [6.07, 6.45) is 1.10. The number of nitrogens with zero attached hydrogens (tertiary/aromatic N) is 1. The first kappa shape index (κ1) is 22.5. The van der Waals surface area contributed by atoms with Crippen molar-refractivity contribution >= 4 is 32.5 Å². The van der Waals surface area contributed by atoms with Crippen LogP contribution in [0.2, 0.25) is 0 Å². The van der Waals surface area contributed by atoms with Crippen molar-refractivity contribution in [2.45, 2.75) is 20.4 Å². The molecule has 33 heavy (non-hydrogen) atoms. The largest absolute Gasteiger partial charge is 0.348 e. The molecule has 0 bridgehead atoms. The third kappa shape index (κ3) is 5.21. The second kappa shape index (κ2) is 9.03. The summed E-state index contributed by atoms with van der Waals surface area (Å²) in [6, 6.07) is 22.5. The summed E-state index contributed by atoms with van der Waals surface area (Å²) in [5.41, 5.74) is 6.32. The van der Waals surface area contributed by atoms with E-state index in [9.17, 15) is 13.2 Å². The number of para-hydroxylation sites is 2. The average Bonchev–Trinajstić information content (AvgIpc) is 2.76. The van der Waals surface area contributed by atoms with Crippen molar-refractivity contribution in [3.8, 4) is 11.3 Å². The fraction of sp³-hybridized carbons (Fsp3) is 0.154. The van der Waals surface area contributed by atoms with Crippen LogP contribution < -0.4 is 10.0 Å². The summed E-state index contributed by atoms with van der Waals surface area (Å²) >= 11 is 0. The van der Waals surface area contributed by atoms with Crippen molar-refractivity contribution in [2.24, 2.45) is 0 Å². The molecule has 1 aromatic heterocycles. The highest BCUT2D eigenvalue weighted by molar-refractivity contribution is 7.92. The lowest BCUT2D eigenvalue weighted by Gasteiger charge is -2.14. The van der Waals surface area contributed by atoms with E-state index in [1.807, 2.05) is 56.3 Å². The molecule has 3 aromatic carbocycles. The lowest BCUT2D eigenvalue weighted by atomic mass is 9.99. The number of amides is 1. The Morgan fingerprint density at radius 2 is 1.67 bits per heavy atom. The van der Waals surface area contributed by atoms with Gasteiger partial charge in [-0.1, -0.05) is 60.2 Å². The van der Waals surface area contributed by atoms with Crippen molar-refractivity contribution < 1.29 is 13.2 Å². The number of fused-ring (bicyclic) bond motifs is 1. The smallest absolute Gasteiger partial charge is 0.252 e. The van der Waals surface area contributed by atoms with Crippen LogP contribution in [0.25, 0.3) is 22.2 Å². The van der Waals surface area contributed by atoms with Crippen LogP contribution in [0.4, 0.5) is 5.69 Å². The van der Waals surface area contributed by atoms with Gasteiger partial charge in [-0.05, 0) is 43.2 Å². The van der Waals surface area contributed by atoms with Crippen molar-refractivity contribution in [2.75, 3.05) is 11.0 Å². The van der Waals surface area contributed by atoms with E-state index in [-0.39, 0.29) is 12.5 Å². The summed E-state index contributed by atoms with van der Waals surface area (Å²) in [5.74, 6) is -0.256. The van der Waals surface area contributed by atoms with E-state index in [0.717, 1.165) is 39.5 Å². The van der Waals surface area contributed by atoms with E-state index in [1.54, 1.807) is 24.3 Å². The molecule has 4 rings (SSSR count). The Balaban J connectivity index is 1.69. The number of benzene rings is 3. The van der Waals surface area contributed by atoms with Gasteiger partial charge in [0.15, 0.2) is 0 Å². The van der Waals surface area contributed by atoms with Crippen LogP contribution in [-0.2, 0) is 16.6 Å². The lowest BCUT2D eigenvalue weighted by molar-refractivity contribution is 0.0952. The molecular weight excluding hydrogens is 434 g/mol. The topological polar surface area (TPSA) is 88.2 Å². The summed E-state index contributed by atoms with van der Waals surface area (Å²) < 4.78 is 25.8. The Morgan fingerprint density at radius 3 is 2.42 bits per heavy atom. The molecule has 0 atom stereocenters. The van der Waals surface area contributed by atoms with Gasteiger partial charge in [0.1, 0.15) is 0 Å². The molecular formula is C26H25N3O3S. The van der Waals surface area contributed by atoms with E-state index >= 15 is 0 Å². The highest BCUT2D eigenvalue weighted by Crippen LogP contribution is 2.28. The van der Waals surface area contributed by atoms with E-state index < -0.39 is 10.0 Å². The molecule has 1 amide bonds. The van der Waals surface area contributed by atoms with Crippen molar-refractivity contribution in [3.05, 3.63) is 95.1 Å². The lowest BCUT2D eigenvalue weighted by Crippen LogP contribution is -2.24. The van der Waals surface area contributed by atoms with Crippen LogP contribution in [0.5, 0.6) is 0 Å². The van der Waals surface area contributed by atoms with E-state index in [1.165, 1.54) is 0 Å². The number of anilines is 1. The van der Waals surface area contributed by atoms with E-state index in [4.69, 9.17) is 4.98 Å². The number of aromatic nitrogens is 1. The van der Waals surface area contributed by atoms with Gasteiger partial charge in [0, 0.05) is 17.5 Å². The van der Waals surface area contributed by atoms with Crippen LogP contribution >= 0.6 is 0 Å². The highest BCUT2D eigenvalue weighted by Gasteiger charge is 2.16. The van der Waals surface area contributed by atoms with Gasteiger partial charge in [0.05, 0.1) is 28.7 Å². The molecule has 0 spiro atoms. The van der Waals surface area contributed by atoms with Crippen LogP contribution in [0.1, 0.15) is 27.0 Å². The van der Waals surface area contributed by atoms with Gasteiger partial charge < -0.3 is 5.32 Å². The second-order valence-corrected chi connectivity index (χ2v) is 9.85. The molecule has 4 aromatic rings. The maximum Gasteiger partial charge on any atom is 0.252 e. The van der Waals surface area contributed by atoms with Crippen LogP contribution in [-0.4, -0.2) is 25.6 Å². The molecule has 168 valence electrons. The van der Waals surface area contributed by atoms with Gasteiger partial charge >= 0.3 is 0 Å². The van der Waals surface area contributed by atoms with Gasteiger partial charge in [0.25, 0.3) is 5.91 Å². The van der Waals surface area contributed by atoms with Crippen molar-refractivity contribution in [3.63, 3.8) is 0 Å². The first-order valence-corrected chi connectivity index (χ1v) is 12.4. The predicted octanol–water partition coefficient (Wildman–Crippen LogP) is 4.82. The minimum Gasteiger partial charge on any atom is -0.348 e. The molecule has 0 saturated carbocycles. The van der Waals surface area contributed by atoms with Gasteiger partial charge in [-0.2, -0.15) is 0 Å². The monoisotopic (exact) mass is 459 g/mol. The first-order chi connectivity index (χ1) is 15.7. The third-order valence-corrected chi connectivity index (χ3v) is 5.96. The fourth-order valence-electron chi connectivity index (χ4n) is 3.85. The highest BCUT2D eigenvalue weighted by atomic mass is 32.2. The summed E-state index contributed by atoms with van der Waals surface area (Å²) in [5, 5.41) is 3.69. The van der Waals surface area contributed by atoms with Crippen LogP contribution in [0.15, 0.2) is 72.8 Å². The van der Waals surface area contributed by atoms with Gasteiger partial charge in [-0.3, -0.25) is 9.52 Å². The van der Waals surface area contributed by atoms with Gasteiger partial charge in [-0.15, -0.1) is 0 Å². The molecule has 0 fully saturated rings. The Hall–Kier alpha value is -3.71. The normalized spacial score (nSPS) is 11.4. The van der Waals surface area contributed by atoms with Gasteiger partial charge in [-0.25, -0.2) is 13.4 Å². The number of carbonyl (C=O) groups excluding carboxylic acids is 1. The Kier molecular flexibility index (Phi) is 6.16. The maximum absolute atomic E-state index is 13.3. The molecule has 0 saturated heterocycles. The molecule has 0 radical (unpaired) electrons. The van der Waals surface area contributed by atoms with Crippen LogP contribution in [0.3, 0.4) is 0 Å². The zero-order valence-corrected chi connectivity index (χ0v) is 19.5. The molecule has 1 heterocycles. The van der Waals surface area contributed by atoms with E-state index in [0.29, 0.717) is 16.8 Å². The summed E-state index contributed by atoms with van der Waals surface area (Å²) in [6.45, 7) is 4.25. The predicted molar refractivity (Wildman–Crippen MR) is 133 cm³/mol. The maximum atomic E-state index is 13.3. The SMILES string of the molecule is Cc1ccc(-c2cc(C(=O)NCc3ccccc3NS(C)(=O)=O)c3ccccc3n2)c(C)c1. The zero-order valence-electron chi connectivity index (χ0n) is 18.7.